The first-order valence-electron chi connectivity index (χ1n) is 8.16. The average Bonchev–Trinajstić information content (AvgIpc) is 2.74. The Morgan fingerprint density at radius 2 is 2.14 bits per heavy atom. The van der Waals surface area contributed by atoms with Gasteiger partial charge in [-0.3, -0.25) is 10.3 Å². The Bertz CT molecular complexity index is 451. The van der Waals surface area contributed by atoms with Crippen molar-refractivity contribution in [3.63, 3.8) is 0 Å². The highest BCUT2D eigenvalue weighted by molar-refractivity contribution is 6.20. The molecule has 7 atom stereocenters. The summed E-state index contributed by atoms with van der Waals surface area (Å²) < 4.78 is 5.85. The third-order valence-corrected chi connectivity index (χ3v) is 6.16. The molecule has 7 unspecified atom stereocenters. The number of aliphatic hydroxyl groups is 1. The molecule has 0 aromatic carbocycles. The molecule has 1 aliphatic carbocycles. The maximum absolute atomic E-state index is 11.5. The number of hydrogen-bond acceptors (Lipinski definition) is 5. The van der Waals surface area contributed by atoms with Crippen LogP contribution in [0.1, 0.15) is 32.6 Å². The number of fused-ring (bicyclic) bond motifs is 1. The van der Waals surface area contributed by atoms with Gasteiger partial charge < -0.3 is 15.6 Å². The van der Waals surface area contributed by atoms with Crippen LogP contribution in [0.3, 0.4) is 0 Å². The van der Waals surface area contributed by atoms with Crippen LogP contribution in [0.5, 0.6) is 0 Å². The molecule has 0 radical (unpaired) electrons. The maximum atomic E-state index is 11.5. The minimum absolute atomic E-state index is 0.0290. The highest BCUT2D eigenvalue weighted by Crippen LogP contribution is 2.48. The number of nitrogens with one attached hydrogen (secondary N) is 1. The van der Waals surface area contributed by atoms with E-state index in [1.807, 2.05) is 6.92 Å². The highest BCUT2D eigenvalue weighted by atomic mass is 35.5. The van der Waals surface area contributed by atoms with Crippen LogP contribution in [0.2, 0.25) is 0 Å². The number of piperidine rings is 1. The van der Waals surface area contributed by atoms with E-state index in [1.165, 1.54) is 0 Å². The van der Waals surface area contributed by atoms with E-state index < -0.39 is 5.60 Å². The Morgan fingerprint density at radius 3 is 2.86 bits per heavy atom. The normalized spacial score (nSPS) is 48.8. The molecule has 2 heterocycles. The Kier molecular flexibility index (Phi) is 4.91. The SMILES string of the molecule is CCOC1CNC(Cl)CC1C1(O)C(N)=NC2CCC(Cl)CC21. The molecule has 22 heavy (non-hydrogen) atoms. The number of alkyl halides is 2. The number of rotatable bonds is 3. The molecule has 2 aliphatic heterocycles. The molecule has 5 nitrogen and oxygen atoms in total. The third kappa shape index (κ3) is 2.75. The van der Waals surface area contributed by atoms with Crippen LogP contribution in [0.15, 0.2) is 4.99 Å². The quantitative estimate of drug-likeness (QED) is 0.532. The summed E-state index contributed by atoms with van der Waals surface area (Å²) in [5.41, 5.74) is 4.84. The van der Waals surface area contributed by atoms with Crippen molar-refractivity contribution < 1.29 is 9.84 Å². The van der Waals surface area contributed by atoms with E-state index in [9.17, 15) is 5.11 Å². The van der Waals surface area contributed by atoms with E-state index in [4.69, 9.17) is 33.7 Å². The molecule has 3 rings (SSSR count). The second kappa shape index (κ2) is 6.44. The van der Waals surface area contributed by atoms with Crippen molar-refractivity contribution in [3.8, 4) is 0 Å². The second-order valence-corrected chi connectivity index (χ2v) is 7.78. The lowest BCUT2D eigenvalue weighted by Crippen LogP contribution is -2.62. The minimum atomic E-state index is -1.16. The lowest BCUT2D eigenvalue weighted by Gasteiger charge is -2.47. The second-order valence-electron chi connectivity index (χ2n) is 6.64. The van der Waals surface area contributed by atoms with Crippen molar-refractivity contribution in [1.29, 1.82) is 0 Å². The van der Waals surface area contributed by atoms with Crippen LogP contribution in [0, 0.1) is 11.8 Å². The minimum Gasteiger partial charge on any atom is -0.385 e. The van der Waals surface area contributed by atoms with E-state index in [0.717, 1.165) is 19.3 Å². The van der Waals surface area contributed by atoms with Gasteiger partial charge in [-0.05, 0) is 32.6 Å². The van der Waals surface area contributed by atoms with Gasteiger partial charge in [0.25, 0.3) is 0 Å². The summed E-state index contributed by atoms with van der Waals surface area (Å²) in [5.74, 6) is 0.157. The molecule has 0 aromatic heterocycles. The van der Waals surface area contributed by atoms with Gasteiger partial charge >= 0.3 is 0 Å². The lowest BCUT2D eigenvalue weighted by atomic mass is 9.66. The molecule has 1 saturated carbocycles. The van der Waals surface area contributed by atoms with Gasteiger partial charge in [-0.1, -0.05) is 0 Å². The number of hydrogen-bond donors (Lipinski definition) is 3. The fourth-order valence-corrected chi connectivity index (χ4v) is 4.96. The van der Waals surface area contributed by atoms with Gasteiger partial charge in [0.1, 0.15) is 11.4 Å². The van der Waals surface area contributed by atoms with E-state index in [0.29, 0.717) is 25.4 Å². The molecule has 1 saturated heterocycles. The van der Waals surface area contributed by atoms with Crippen molar-refractivity contribution in [3.05, 3.63) is 0 Å². The lowest BCUT2D eigenvalue weighted by molar-refractivity contribution is -0.0995. The Labute approximate surface area is 141 Å². The van der Waals surface area contributed by atoms with Crippen molar-refractivity contribution >= 4 is 29.0 Å². The van der Waals surface area contributed by atoms with Gasteiger partial charge in [-0.2, -0.15) is 0 Å². The average molecular weight is 350 g/mol. The Hall–Kier alpha value is -0.0700. The van der Waals surface area contributed by atoms with E-state index >= 15 is 0 Å². The summed E-state index contributed by atoms with van der Waals surface area (Å²) >= 11 is 12.6. The number of halogens is 2. The van der Waals surface area contributed by atoms with E-state index in [-0.39, 0.29) is 34.9 Å². The van der Waals surface area contributed by atoms with Gasteiger partial charge in [0.2, 0.25) is 0 Å². The van der Waals surface area contributed by atoms with Crippen molar-refractivity contribution in [2.45, 2.75) is 61.2 Å². The smallest absolute Gasteiger partial charge is 0.131 e. The topological polar surface area (TPSA) is 79.9 Å². The number of nitrogens with zero attached hydrogens (tertiary/aromatic N) is 1. The Morgan fingerprint density at radius 1 is 1.36 bits per heavy atom. The van der Waals surface area contributed by atoms with Crippen molar-refractivity contribution in [1.82, 2.24) is 5.32 Å². The molecule has 3 aliphatic rings. The zero-order valence-corrected chi connectivity index (χ0v) is 14.4. The molecular formula is C15H25Cl2N3O2. The summed E-state index contributed by atoms with van der Waals surface area (Å²) in [6.07, 6.45) is 3.04. The largest absolute Gasteiger partial charge is 0.385 e. The van der Waals surface area contributed by atoms with Crippen molar-refractivity contribution in [2.24, 2.45) is 22.6 Å². The molecule has 0 amide bonds. The van der Waals surface area contributed by atoms with E-state index in [1.54, 1.807) is 0 Å². The first kappa shape index (κ1) is 16.8. The monoisotopic (exact) mass is 349 g/mol. The Balaban J connectivity index is 1.90. The van der Waals surface area contributed by atoms with Gasteiger partial charge in [0.05, 0.1) is 17.6 Å². The maximum Gasteiger partial charge on any atom is 0.131 e. The zero-order chi connectivity index (χ0) is 15.9. The highest BCUT2D eigenvalue weighted by Gasteiger charge is 2.58. The van der Waals surface area contributed by atoms with Crippen molar-refractivity contribution in [2.75, 3.05) is 13.2 Å². The summed E-state index contributed by atoms with van der Waals surface area (Å²) in [6.45, 7) is 3.16. The van der Waals surface area contributed by atoms with Gasteiger partial charge in [0.15, 0.2) is 0 Å². The molecule has 0 aromatic rings. The summed E-state index contributed by atoms with van der Waals surface area (Å²) in [5, 5.41) is 14.8. The van der Waals surface area contributed by atoms with Crippen LogP contribution in [0.25, 0.3) is 0 Å². The predicted molar refractivity (Wildman–Crippen MR) is 88.5 cm³/mol. The number of nitrogens with two attached hydrogens (primary N) is 1. The molecule has 4 N–H and O–H groups in total. The fourth-order valence-electron chi connectivity index (χ4n) is 4.36. The van der Waals surface area contributed by atoms with Crippen LogP contribution in [0.4, 0.5) is 0 Å². The molecular weight excluding hydrogens is 325 g/mol. The molecule has 0 bridgehead atoms. The number of ether oxygens (including phenoxy) is 1. The van der Waals surface area contributed by atoms with Crippen LogP contribution >= 0.6 is 23.2 Å². The molecule has 0 spiro atoms. The van der Waals surface area contributed by atoms with Crippen LogP contribution < -0.4 is 11.1 Å². The number of aliphatic imine (C=N–C) groups is 1. The summed E-state index contributed by atoms with van der Waals surface area (Å²) in [7, 11) is 0. The third-order valence-electron chi connectivity index (χ3n) is 5.43. The summed E-state index contributed by atoms with van der Waals surface area (Å²) in [6, 6.07) is 0.0749. The molecule has 2 fully saturated rings. The van der Waals surface area contributed by atoms with Gasteiger partial charge in [0, 0.05) is 30.4 Å². The predicted octanol–water partition coefficient (Wildman–Crippen LogP) is 1.44. The molecule has 126 valence electrons. The zero-order valence-electron chi connectivity index (χ0n) is 12.8. The first-order valence-corrected chi connectivity index (χ1v) is 9.03. The van der Waals surface area contributed by atoms with Gasteiger partial charge in [-0.25, -0.2) is 0 Å². The van der Waals surface area contributed by atoms with Gasteiger partial charge in [-0.15, -0.1) is 23.2 Å². The summed E-state index contributed by atoms with van der Waals surface area (Å²) in [4.78, 5) is 4.56. The van der Waals surface area contributed by atoms with E-state index in [2.05, 4.69) is 10.3 Å². The fraction of sp³-hybridized carbons (Fsp3) is 0.933. The first-order chi connectivity index (χ1) is 10.5. The van der Waals surface area contributed by atoms with Crippen LogP contribution in [-0.4, -0.2) is 52.7 Å². The number of amidine groups is 1. The standard InChI is InChI=1S/C15H25Cl2N3O2/c1-2-22-12-7-19-13(17)6-10(12)15(21)9-5-8(16)3-4-11(9)20-14(15)18/h8-13,19,21H,2-7H2,1H3,(H2,18,20). The van der Waals surface area contributed by atoms with Crippen LogP contribution in [-0.2, 0) is 4.74 Å². The molecule has 7 heteroatoms.